The van der Waals surface area contributed by atoms with Gasteiger partial charge in [-0.25, -0.2) is 15.0 Å². The van der Waals surface area contributed by atoms with Crippen molar-refractivity contribution in [3.05, 3.63) is 60.7 Å². The zero-order chi connectivity index (χ0) is 16.1. The molecule has 0 unspecified atom stereocenters. The van der Waals surface area contributed by atoms with Gasteiger partial charge in [0.15, 0.2) is 17.0 Å². The summed E-state index contributed by atoms with van der Waals surface area (Å²) in [6, 6.07) is 8.90. The van der Waals surface area contributed by atoms with Crippen molar-refractivity contribution < 1.29 is 9.90 Å². The van der Waals surface area contributed by atoms with E-state index in [0.717, 1.165) is 0 Å². The minimum absolute atomic E-state index is 0.0139. The summed E-state index contributed by atoms with van der Waals surface area (Å²) < 4.78 is 1.81. The van der Waals surface area contributed by atoms with Gasteiger partial charge in [-0.05, 0) is 12.1 Å². The summed E-state index contributed by atoms with van der Waals surface area (Å²) >= 11 is 0. The molecule has 2 N–H and O–H groups in total. The summed E-state index contributed by atoms with van der Waals surface area (Å²) in [6.45, 7) is 0.514. The number of fused-ring (bicyclic) bond motifs is 1. The average Bonchev–Trinajstić information content (AvgIpc) is 3.00. The van der Waals surface area contributed by atoms with Crippen LogP contribution in [0, 0.1) is 0 Å². The number of rotatable bonds is 5. The average molecular weight is 309 g/mol. The van der Waals surface area contributed by atoms with E-state index in [2.05, 4.69) is 20.3 Å². The van der Waals surface area contributed by atoms with Gasteiger partial charge in [0.05, 0.1) is 12.9 Å². The Hall–Kier alpha value is -3.06. The molecule has 2 heterocycles. The number of allylic oxidation sites excluding steroid dienone is 1. The Morgan fingerprint density at radius 3 is 2.78 bits per heavy atom. The highest BCUT2D eigenvalue weighted by atomic mass is 16.2. The fourth-order valence-corrected chi connectivity index (χ4v) is 2.14. The minimum atomic E-state index is -0.250. The van der Waals surface area contributed by atoms with E-state index in [1.165, 1.54) is 6.33 Å². The summed E-state index contributed by atoms with van der Waals surface area (Å²) in [5.41, 5.74) is 1.68. The lowest BCUT2D eigenvalue weighted by molar-refractivity contribution is 0.102. The molecule has 23 heavy (non-hydrogen) atoms. The third kappa shape index (κ3) is 3.24. The van der Waals surface area contributed by atoms with Crippen LogP contribution in [0.5, 0.6) is 0 Å². The first kappa shape index (κ1) is 14.9. The summed E-state index contributed by atoms with van der Waals surface area (Å²) in [4.78, 5) is 24.8. The lowest BCUT2D eigenvalue weighted by Crippen LogP contribution is -2.13. The predicted molar refractivity (Wildman–Crippen MR) is 85.9 cm³/mol. The molecule has 7 heteroatoms. The van der Waals surface area contributed by atoms with Crippen molar-refractivity contribution >= 4 is 22.9 Å². The van der Waals surface area contributed by atoms with Gasteiger partial charge in [0.1, 0.15) is 6.33 Å². The molecule has 0 aliphatic rings. The molecule has 0 aliphatic heterocycles. The Bertz CT molecular complexity index is 842. The number of carbonyl (C=O) groups excluding carboxylic acids is 1. The first-order valence-corrected chi connectivity index (χ1v) is 7.07. The largest absolute Gasteiger partial charge is 0.392 e. The van der Waals surface area contributed by atoms with Gasteiger partial charge in [-0.15, -0.1) is 0 Å². The van der Waals surface area contributed by atoms with E-state index in [1.807, 2.05) is 12.1 Å². The number of aliphatic hydroxyl groups excluding tert-OH is 1. The van der Waals surface area contributed by atoms with Crippen molar-refractivity contribution in [2.24, 2.45) is 0 Å². The molecule has 3 rings (SSSR count). The molecule has 0 saturated carbocycles. The third-order valence-corrected chi connectivity index (χ3v) is 3.24. The zero-order valence-corrected chi connectivity index (χ0v) is 12.3. The molecule has 0 bridgehead atoms. The second kappa shape index (κ2) is 6.80. The number of aliphatic hydroxyl groups is 1. The van der Waals surface area contributed by atoms with E-state index in [4.69, 9.17) is 5.11 Å². The Balaban J connectivity index is 1.87. The van der Waals surface area contributed by atoms with E-state index in [9.17, 15) is 4.79 Å². The Morgan fingerprint density at radius 1 is 1.17 bits per heavy atom. The second-order valence-corrected chi connectivity index (χ2v) is 4.77. The maximum Gasteiger partial charge on any atom is 0.256 e. The van der Waals surface area contributed by atoms with E-state index in [0.29, 0.717) is 29.1 Å². The number of imidazole rings is 1. The smallest absolute Gasteiger partial charge is 0.256 e. The molecule has 7 nitrogen and oxygen atoms in total. The highest BCUT2D eigenvalue weighted by Crippen LogP contribution is 2.18. The van der Waals surface area contributed by atoms with E-state index in [1.54, 1.807) is 41.2 Å². The molecule has 0 saturated heterocycles. The third-order valence-electron chi connectivity index (χ3n) is 3.24. The molecule has 0 fully saturated rings. The summed E-state index contributed by atoms with van der Waals surface area (Å²) in [6.07, 6.45) is 6.46. The molecule has 0 spiro atoms. The van der Waals surface area contributed by atoms with Crippen molar-refractivity contribution in [1.82, 2.24) is 19.5 Å². The Labute approximate surface area is 132 Å². The van der Waals surface area contributed by atoms with Crippen molar-refractivity contribution in [3.8, 4) is 0 Å². The van der Waals surface area contributed by atoms with Crippen LogP contribution in [0.4, 0.5) is 5.82 Å². The number of amides is 1. The molecule has 0 radical (unpaired) electrons. The van der Waals surface area contributed by atoms with E-state index < -0.39 is 0 Å². The number of nitrogens with zero attached hydrogens (tertiary/aromatic N) is 4. The Kier molecular flexibility index (Phi) is 4.39. The predicted octanol–water partition coefficient (Wildman–Crippen LogP) is 1.63. The topological polar surface area (TPSA) is 92.9 Å². The van der Waals surface area contributed by atoms with Crippen LogP contribution in [0.1, 0.15) is 10.4 Å². The summed E-state index contributed by atoms with van der Waals surface area (Å²) in [7, 11) is 0. The first-order valence-electron chi connectivity index (χ1n) is 7.07. The van der Waals surface area contributed by atoms with Crippen LogP contribution in [0.2, 0.25) is 0 Å². The molecule has 1 amide bonds. The van der Waals surface area contributed by atoms with Gasteiger partial charge in [0.25, 0.3) is 5.91 Å². The molecule has 116 valence electrons. The first-order chi connectivity index (χ1) is 11.3. The van der Waals surface area contributed by atoms with Crippen LogP contribution in [0.15, 0.2) is 55.1 Å². The standard InChI is InChI=1S/C16H15N5O2/c22-9-5-4-8-21-11-19-13-14(17-10-18-15(13)21)20-16(23)12-6-2-1-3-7-12/h1-7,10-11,22H,8-9H2,(H,17,18,20,23)/b5-4-. The number of anilines is 1. The van der Waals surface area contributed by atoms with Crippen molar-refractivity contribution in [2.45, 2.75) is 6.54 Å². The monoisotopic (exact) mass is 309 g/mol. The van der Waals surface area contributed by atoms with Crippen molar-refractivity contribution in [2.75, 3.05) is 11.9 Å². The minimum Gasteiger partial charge on any atom is -0.392 e. The normalized spacial score (nSPS) is 11.2. The van der Waals surface area contributed by atoms with Crippen molar-refractivity contribution in [3.63, 3.8) is 0 Å². The molecule has 0 atom stereocenters. The van der Waals surface area contributed by atoms with E-state index in [-0.39, 0.29) is 12.5 Å². The van der Waals surface area contributed by atoms with Gasteiger partial charge in [-0.2, -0.15) is 0 Å². The van der Waals surface area contributed by atoms with Crippen LogP contribution in [-0.2, 0) is 6.54 Å². The summed E-state index contributed by atoms with van der Waals surface area (Å²) in [5.74, 6) is 0.120. The Morgan fingerprint density at radius 2 is 2.00 bits per heavy atom. The molecule has 2 aromatic heterocycles. The number of benzene rings is 1. The zero-order valence-electron chi connectivity index (χ0n) is 12.3. The summed E-state index contributed by atoms with van der Waals surface area (Å²) in [5, 5.41) is 11.5. The lowest BCUT2D eigenvalue weighted by Gasteiger charge is -2.05. The maximum absolute atomic E-state index is 12.2. The van der Waals surface area contributed by atoms with E-state index >= 15 is 0 Å². The van der Waals surface area contributed by atoms with Gasteiger partial charge < -0.3 is 15.0 Å². The van der Waals surface area contributed by atoms with Crippen LogP contribution in [-0.4, -0.2) is 37.1 Å². The van der Waals surface area contributed by atoms with Gasteiger partial charge in [-0.1, -0.05) is 30.4 Å². The van der Waals surface area contributed by atoms with Crippen molar-refractivity contribution in [1.29, 1.82) is 0 Å². The molecule has 3 aromatic rings. The number of hydrogen-bond acceptors (Lipinski definition) is 5. The number of hydrogen-bond donors (Lipinski definition) is 2. The van der Waals surface area contributed by atoms with Gasteiger partial charge in [0.2, 0.25) is 0 Å². The number of aromatic nitrogens is 4. The fraction of sp³-hybridized carbons (Fsp3) is 0.125. The molecule has 1 aromatic carbocycles. The van der Waals surface area contributed by atoms with Gasteiger partial charge in [-0.3, -0.25) is 4.79 Å². The SMILES string of the molecule is O=C(Nc1ncnc2c1ncn2C/C=C\CO)c1ccccc1. The lowest BCUT2D eigenvalue weighted by atomic mass is 10.2. The van der Waals surface area contributed by atoms with Gasteiger partial charge >= 0.3 is 0 Å². The molecular formula is C16H15N5O2. The van der Waals surface area contributed by atoms with Crippen LogP contribution in [0.3, 0.4) is 0 Å². The molecule has 0 aliphatic carbocycles. The highest BCUT2D eigenvalue weighted by molar-refractivity contribution is 6.06. The number of carbonyl (C=O) groups is 1. The quantitative estimate of drug-likeness (QED) is 0.699. The van der Waals surface area contributed by atoms with Crippen LogP contribution >= 0.6 is 0 Å². The highest BCUT2D eigenvalue weighted by Gasteiger charge is 2.13. The second-order valence-electron chi connectivity index (χ2n) is 4.77. The fourth-order valence-electron chi connectivity index (χ4n) is 2.14. The van der Waals surface area contributed by atoms with Gasteiger partial charge in [0, 0.05) is 12.1 Å². The number of nitrogens with one attached hydrogen (secondary N) is 1. The molecular weight excluding hydrogens is 294 g/mol. The van der Waals surface area contributed by atoms with Crippen LogP contribution < -0.4 is 5.32 Å². The maximum atomic E-state index is 12.2. The van der Waals surface area contributed by atoms with Crippen LogP contribution in [0.25, 0.3) is 11.2 Å².